The molecule has 120 valence electrons. The zero-order valence-electron chi connectivity index (χ0n) is 13.7. The van der Waals surface area contributed by atoms with E-state index >= 15 is 0 Å². The third kappa shape index (κ3) is 4.86. The standard InChI is InChI=1S/C18H26N2O2/c1-15-7-9-16(10-8-15)11-13-19(2)18(22)14-20-12-5-3-4-6-17(20)21/h7-10H,3-6,11-14H2,1-2H3. The fourth-order valence-electron chi connectivity index (χ4n) is 2.67. The van der Waals surface area contributed by atoms with Crippen LogP contribution in [0.15, 0.2) is 24.3 Å². The Kier molecular flexibility index (Phi) is 5.99. The SMILES string of the molecule is Cc1ccc(CCN(C)C(=O)CN2CCCCCC2=O)cc1. The van der Waals surface area contributed by atoms with E-state index < -0.39 is 0 Å². The van der Waals surface area contributed by atoms with Crippen molar-refractivity contribution in [3.63, 3.8) is 0 Å². The van der Waals surface area contributed by atoms with Gasteiger partial charge in [0.15, 0.2) is 0 Å². The molecule has 1 fully saturated rings. The first kappa shape index (κ1) is 16.5. The first-order valence-electron chi connectivity index (χ1n) is 8.13. The third-order valence-corrected chi connectivity index (χ3v) is 4.28. The van der Waals surface area contributed by atoms with E-state index in [2.05, 4.69) is 31.2 Å². The Labute approximate surface area is 133 Å². The molecule has 1 aromatic carbocycles. The van der Waals surface area contributed by atoms with E-state index in [1.165, 1.54) is 11.1 Å². The number of hydrogen-bond acceptors (Lipinski definition) is 2. The van der Waals surface area contributed by atoms with E-state index in [1.54, 1.807) is 9.80 Å². The lowest BCUT2D eigenvalue weighted by molar-refractivity contribution is -0.139. The van der Waals surface area contributed by atoms with Crippen LogP contribution >= 0.6 is 0 Å². The second-order valence-electron chi connectivity index (χ2n) is 6.18. The lowest BCUT2D eigenvalue weighted by Crippen LogP contribution is -2.41. The molecule has 0 radical (unpaired) electrons. The Hall–Kier alpha value is -1.84. The molecule has 2 rings (SSSR count). The van der Waals surface area contributed by atoms with Crippen LogP contribution in [0.3, 0.4) is 0 Å². The number of nitrogens with zero attached hydrogens (tertiary/aromatic N) is 2. The second-order valence-corrected chi connectivity index (χ2v) is 6.18. The summed E-state index contributed by atoms with van der Waals surface area (Å²) in [6, 6.07) is 8.39. The Morgan fingerprint density at radius 1 is 1.18 bits per heavy atom. The van der Waals surface area contributed by atoms with Crippen LogP contribution in [0.25, 0.3) is 0 Å². The minimum Gasteiger partial charge on any atom is -0.344 e. The monoisotopic (exact) mass is 302 g/mol. The van der Waals surface area contributed by atoms with Gasteiger partial charge in [0.25, 0.3) is 0 Å². The molecule has 1 saturated heterocycles. The summed E-state index contributed by atoms with van der Waals surface area (Å²) in [5, 5.41) is 0. The molecule has 0 aromatic heterocycles. The highest BCUT2D eigenvalue weighted by Crippen LogP contribution is 2.11. The molecule has 0 aliphatic carbocycles. The maximum Gasteiger partial charge on any atom is 0.241 e. The number of aryl methyl sites for hydroxylation is 1. The van der Waals surface area contributed by atoms with Crippen LogP contribution < -0.4 is 0 Å². The summed E-state index contributed by atoms with van der Waals surface area (Å²) in [4.78, 5) is 27.7. The fourth-order valence-corrected chi connectivity index (χ4v) is 2.67. The van der Waals surface area contributed by atoms with Crippen molar-refractivity contribution in [2.75, 3.05) is 26.7 Å². The quantitative estimate of drug-likeness (QED) is 0.838. The minimum absolute atomic E-state index is 0.0300. The van der Waals surface area contributed by atoms with Gasteiger partial charge < -0.3 is 9.80 Å². The smallest absolute Gasteiger partial charge is 0.241 e. The van der Waals surface area contributed by atoms with Crippen molar-refractivity contribution in [2.45, 2.75) is 39.0 Å². The van der Waals surface area contributed by atoms with Crippen molar-refractivity contribution >= 4 is 11.8 Å². The largest absolute Gasteiger partial charge is 0.344 e. The molecule has 0 atom stereocenters. The molecule has 0 saturated carbocycles. The molecule has 22 heavy (non-hydrogen) atoms. The maximum absolute atomic E-state index is 12.3. The van der Waals surface area contributed by atoms with Gasteiger partial charge in [0.1, 0.15) is 0 Å². The molecule has 0 spiro atoms. The van der Waals surface area contributed by atoms with Crippen LogP contribution in [0.4, 0.5) is 0 Å². The summed E-state index contributed by atoms with van der Waals surface area (Å²) in [5.74, 6) is 0.153. The number of carbonyl (C=O) groups excluding carboxylic acids is 2. The van der Waals surface area contributed by atoms with E-state index in [1.807, 2.05) is 7.05 Å². The maximum atomic E-state index is 12.3. The number of benzene rings is 1. The van der Waals surface area contributed by atoms with E-state index in [-0.39, 0.29) is 18.4 Å². The molecule has 4 nitrogen and oxygen atoms in total. The third-order valence-electron chi connectivity index (χ3n) is 4.28. The Bertz CT molecular complexity index is 510. The van der Waals surface area contributed by atoms with Crippen LogP contribution in [0.5, 0.6) is 0 Å². The van der Waals surface area contributed by atoms with E-state index in [0.717, 1.165) is 32.2 Å². The number of likely N-dealkylation sites (N-methyl/N-ethyl adjacent to an activating group) is 1. The summed E-state index contributed by atoms with van der Waals surface area (Å²) in [6.07, 6.45) is 4.47. The van der Waals surface area contributed by atoms with Gasteiger partial charge in [-0.3, -0.25) is 9.59 Å². The molecule has 0 bridgehead atoms. The zero-order chi connectivity index (χ0) is 15.9. The average Bonchev–Trinajstić information content (AvgIpc) is 2.71. The molecular weight excluding hydrogens is 276 g/mol. The van der Waals surface area contributed by atoms with Gasteiger partial charge in [0.05, 0.1) is 6.54 Å². The highest BCUT2D eigenvalue weighted by Gasteiger charge is 2.20. The number of rotatable bonds is 5. The molecule has 1 aliphatic heterocycles. The minimum atomic E-state index is 0.0300. The summed E-state index contributed by atoms with van der Waals surface area (Å²) in [6.45, 7) is 3.70. The fraction of sp³-hybridized carbons (Fsp3) is 0.556. The number of carbonyl (C=O) groups is 2. The zero-order valence-corrected chi connectivity index (χ0v) is 13.7. The lowest BCUT2D eigenvalue weighted by Gasteiger charge is -2.24. The van der Waals surface area contributed by atoms with Crippen molar-refractivity contribution < 1.29 is 9.59 Å². The van der Waals surface area contributed by atoms with Crippen molar-refractivity contribution in [1.82, 2.24) is 9.80 Å². The van der Waals surface area contributed by atoms with Crippen molar-refractivity contribution in [1.29, 1.82) is 0 Å². The number of likely N-dealkylation sites (tertiary alicyclic amines) is 1. The number of hydrogen-bond donors (Lipinski definition) is 0. The molecule has 1 heterocycles. The number of amides is 2. The van der Waals surface area contributed by atoms with Gasteiger partial charge in [-0.15, -0.1) is 0 Å². The highest BCUT2D eigenvalue weighted by molar-refractivity contribution is 5.84. The van der Waals surface area contributed by atoms with E-state index in [4.69, 9.17) is 0 Å². The molecule has 2 amide bonds. The first-order chi connectivity index (χ1) is 10.6. The normalized spacial score (nSPS) is 15.5. The highest BCUT2D eigenvalue weighted by atomic mass is 16.2. The predicted octanol–water partition coefficient (Wildman–Crippen LogP) is 2.40. The Morgan fingerprint density at radius 2 is 1.91 bits per heavy atom. The molecule has 1 aliphatic rings. The summed E-state index contributed by atoms with van der Waals surface area (Å²) >= 11 is 0. The van der Waals surface area contributed by atoms with Crippen LogP contribution in [-0.2, 0) is 16.0 Å². The van der Waals surface area contributed by atoms with Gasteiger partial charge in [-0.2, -0.15) is 0 Å². The van der Waals surface area contributed by atoms with Gasteiger partial charge in [0, 0.05) is 26.6 Å². The van der Waals surface area contributed by atoms with E-state index in [9.17, 15) is 9.59 Å². The summed E-state index contributed by atoms with van der Waals surface area (Å²) < 4.78 is 0. The van der Waals surface area contributed by atoms with Gasteiger partial charge in [-0.05, 0) is 31.7 Å². The second kappa shape index (κ2) is 7.97. The van der Waals surface area contributed by atoms with Crippen molar-refractivity contribution in [2.24, 2.45) is 0 Å². The molecule has 4 heteroatoms. The predicted molar refractivity (Wildman–Crippen MR) is 87.6 cm³/mol. The van der Waals surface area contributed by atoms with E-state index in [0.29, 0.717) is 13.0 Å². The van der Waals surface area contributed by atoms with Crippen LogP contribution in [0, 0.1) is 6.92 Å². The molecule has 1 aromatic rings. The lowest BCUT2D eigenvalue weighted by atomic mass is 10.1. The van der Waals surface area contributed by atoms with Crippen LogP contribution in [0.2, 0.25) is 0 Å². The topological polar surface area (TPSA) is 40.6 Å². The Balaban J connectivity index is 1.81. The van der Waals surface area contributed by atoms with Gasteiger partial charge in [-0.1, -0.05) is 36.2 Å². The molecule has 0 N–H and O–H groups in total. The first-order valence-corrected chi connectivity index (χ1v) is 8.13. The average molecular weight is 302 g/mol. The van der Waals surface area contributed by atoms with Crippen molar-refractivity contribution in [3.8, 4) is 0 Å². The molecule has 0 unspecified atom stereocenters. The Morgan fingerprint density at radius 3 is 2.64 bits per heavy atom. The molecular formula is C18H26N2O2. The summed E-state index contributed by atoms with van der Waals surface area (Å²) in [5.41, 5.74) is 2.48. The van der Waals surface area contributed by atoms with Crippen molar-refractivity contribution in [3.05, 3.63) is 35.4 Å². The van der Waals surface area contributed by atoms with Gasteiger partial charge in [-0.25, -0.2) is 0 Å². The van der Waals surface area contributed by atoms with Gasteiger partial charge >= 0.3 is 0 Å². The van der Waals surface area contributed by atoms with Crippen LogP contribution in [0.1, 0.15) is 36.8 Å². The van der Waals surface area contributed by atoms with Crippen LogP contribution in [-0.4, -0.2) is 48.3 Å². The van der Waals surface area contributed by atoms with Gasteiger partial charge in [0.2, 0.25) is 11.8 Å². The summed E-state index contributed by atoms with van der Waals surface area (Å²) in [7, 11) is 1.82.